The fourth-order valence-electron chi connectivity index (χ4n) is 4.99. The lowest BCUT2D eigenvalue weighted by Gasteiger charge is -2.40. The maximum atomic E-state index is 12.1. The van der Waals surface area contributed by atoms with Crippen LogP contribution in [0.4, 0.5) is 22.1 Å². The van der Waals surface area contributed by atoms with Crippen molar-refractivity contribution in [2.24, 2.45) is 5.41 Å². The van der Waals surface area contributed by atoms with E-state index in [4.69, 9.17) is 14.7 Å². The number of ether oxygens (including phenoxy) is 1. The summed E-state index contributed by atoms with van der Waals surface area (Å²) in [5.74, 6) is 2.06. The summed E-state index contributed by atoms with van der Waals surface area (Å²) >= 11 is 0. The van der Waals surface area contributed by atoms with Crippen molar-refractivity contribution >= 4 is 34.6 Å². The van der Waals surface area contributed by atoms with Crippen molar-refractivity contribution in [2.45, 2.75) is 65.4 Å². The van der Waals surface area contributed by atoms with Crippen molar-refractivity contribution in [1.82, 2.24) is 30.5 Å². The Morgan fingerprint density at radius 3 is 2.78 bits per heavy atom. The molecule has 1 fully saturated rings. The number of fused-ring (bicyclic) bond motifs is 2. The quantitative estimate of drug-likeness (QED) is 0.547. The van der Waals surface area contributed by atoms with Crippen LogP contribution >= 0.6 is 0 Å². The van der Waals surface area contributed by atoms with Crippen molar-refractivity contribution in [3.05, 3.63) is 30.2 Å². The molecule has 2 aliphatic rings. The number of nitrogens with one attached hydrogen (secondary N) is 2. The van der Waals surface area contributed by atoms with Crippen LogP contribution in [0.15, 0.2) is 24.5 Å². The SMILES string of the molecule is CC1CCN(c2n[nH]c3nc(N4CCC(C)(CNC(=O)OC(C)(C)C)CC4)cnc23)c2cccnc21. The molecule has 2 N–H and O–H groups in total. The lowest BCUT2D eigenvalue weighted by Crippen LogP contribution is -2.46. The first-order valence-electron chi connectivity index (χ1n) is 12.8. The van der Waals surface area contributed by atoms with Gasteiger partial charge in [-0.3, -0.25) is 10.1 Å². The maximum absolute atomic E-state index is 12.1. The van der Waals surface area contributed by atoms with Gasteiger partial charge in [0.25, 0.3) is 0 Å². The number of alkyl carbamates (subject to hydrolysis) is 1. The van der Waals surface area contributed by atoms with E-state index in [-0.39, 0.29) is 11.5 Å². The molecular weight excluding hydrogens is 456 g/mol. The number of rotatable bonds is 4. The van der Waals surface area contributed by atoms with E-state index in [0.717, 1.165) is 67.4 Å². The standard InChI is InChI=1S/C26H36N8O2/c1-17-8-12-34(18-7-6-11-27-20(17)18)23-21-22(31-32-23)30-19(15-28-21)33-13-9-26(5,10-14-33)16-29-24(35)36-25(2,3)4/h6-7,11,15,17H,8-10,12-14,16H2,1-5H3,(H,29,35)(H,30,31,32). The number of piperidine rings is 1. The van der Waals surface area contributed by atoms with Crippen molar-refractivity contribution in [3.8, 4) is 0 Å². The van der Waals surface area contributed by atoms with Gasteiger partial charge in [0.05, 0.1) is 17.6 Å². The van der Waals surface area contributed by atoms with E-state index in [1.165, 1.54) is 0 Å². The molecule has 1 amide bonds. The number of aromatic nitrogens is 5. The highest BCUT2D eigenvalue weighted by molar-refractivity contribution is 5.87. The molecule has 1 unspecified atom stereocenters. The molecule has 3 aromatic rings. The van der Waals surface area contributed by atoms with Gasteiger partial charge >= 0.3 is 6.09 Å². The Kier molecular flexibility index (Phi) is 6.22. The minimum atomic E-state index is -0.495. The summed E-state index contributed by atoms with van der Waals surface area (Å²) in [6.45, 7) is 13.2. The second-order valence-corrected chi connectivity index (χ2v) is 11.4. The third kappa shape index (κ3) is 4.94. The molecule has 0 radical (unpaired) electrons. The summed E-state index contributed by atoms with van der Waals surface area (Å²) in [7, 11) is 0. The van der Waals surface area contributed by atoms with Gasteiger partial charge in [0, 0.05) is 38.3 Å². The summed E-state index contributed by atoms with van der Waals surface area (Å²) in [4.78, 5) is 30.8. The molecule has 1 atom stereocenters. The molecule has 36 heavy (non-hydrogen) atoms. The van der Waals surface area contributed by atoms with Crippen LogP contribution in [-0.2, 0) is 4.74 Å². The molecule has 5 rings (SSSR count). The molecule has 0 saturated carbocycles. The van der Waals surface area contributed by atoms with E-state index in [9.17, 15) is 4.79 Å². The number of anilines is 3. The lowest BCUT2D eigenvalue weighted by atomic mass is 9.80. The summed E-state index contributed by atoms with van der Waals surface area (Å²) in [5.41, 5.74) is 3.16. The Balaban J connectivity index is 1.26. The third-order valence-electron chi connectivity index (χ3n) is 7.21. The number of pyridine rings is 1. The minimum Gasteiger partial charge on any atom is -0.444 e. The number of hydrogen-bond donors (Lipinski definition) is 2. The molecule has 0 bridgehead atoms. The fourth-order valence-corrected chi connectivity index (χ4v) is 4.99. The van der Waals surface area contributed by atoms with Gasteiger partial charge in [0.1, 0.15) is 11.4 Å². The average molecular weight is 493 g/mol. The molecule has 2 aliphatic heterocycles. The van der Waals surface area contributed by atoms with Gasteiger partial charge in [-0.25, -0.2) is 14.8 Å². The molecular formula is C26H36N8O2. The number of H-pyrrole nitrogens is 1. The first-order valence-corrected chi connectivity index (χ1v) is 12.8. The Morgan fingerprint density at radius 2 is 2.03 bits per heavy atom. The highest BCUT2D eigenvalue weighted by Crippen LogP contribution is 2.39. The molecule has 10 heteroatoms. The predicted molar refractivity (Wildman–Crippen MR) is 140 cm³/mol. The molecule has 0 aromatic carbocycles. The average Bonchev–Trinajstić information content (AvgIpc) is 3.26. The van der Waals surface area contributed by atoms with Crippen molar-refractivity contribution in [1.29, 1.82) is 0 Å². The van der Waals surface area contributed by atoms with Gasteiger partial charge < -0.3 is 19.9 Å². The predicted octanol–water partition coefficient (Wildman–Crippen LogP) is 4.52. The summed E-state index contributed by atoms with van der Waals surface area (Å²) in [6, 6.07) is 4.07. The molecule has 0 aliphatic carbocycles. The van der Waals surface area contributed by atoms with Crippen molar-refractivity contribution in [3.63, 3.8) is 0 Å². The summed E-state index contributed by atoms with van der Waals surface area (Å²) in [5, 5.41) is 10.6. The first kappa shape index (κ1) is 24.3. The van der Waals surface area contributed by atoms with Crippen LogP contribution in [0.25, 0.3) is 11.2 Å². The van der Waals surface area contributed by atoms with Gasteiger partial charge in [-0.15, -0.1) is 0 Å². The first-order chi connectivity index (χ1) is 17.1. The van der Waals surface area contributed by atoms with E-state index in [1.807, 2.05) is 39.2 Å². The van der Waals surface area contributed by atoms with Crippen LogP contribution in [0.2, 0.25) is 0 Å². The second-order valence-electron chi connectivity index (χ2n) is 11.4. The van der Waals surface area contributed by atoms with Gasteiger partial charge in [-0.2, -0.15) is 5.10 Å². The number of carbonyl (C=O) groups excluding carboxylic acids is 1. The van der Waals surface area contributed by atoms with Crippen LogP contribution < -0.4 is 15.1 Å². The van der Waals surface area contributed by atoms with Gasteiger partial charge in [0.15, 0.2) is 17.0 Å². The van der Waals surface area contributed by atoms with Gasteiger partial charge in [-0.1, -0.05) is 13.8 Å². The normalized spacial score (nSPS) is 19.8. The molecule has 5 heterocycles. The molecule has 10 nitrogen and oxygen atoms in total. The largest absolute Gasteiger partial charge is 0.444 e. The lowest BCUT2D eigenvalue weighted by molar-refractivity contribution is 0.0495. The fraction of sp³-hybridized carbons (Fsp3) is 0.577. The van der Waals surface area contributed by atoms with Crippen LogP contribution in [0.1, 0.15) is 65.5 Å². The maximum Gasteiger partial charge on any atom is 0.407 e. The monoisotopic (exact) mass is 492 g/mol. The highest BCUT2D eigenvalue weighted by Gasteiger charge is 2.32. The van der Waals surface area contributed by atoms with Gasteiger partial charge in [0.2, 0.25) is 0 Å². The number of amides is 1. The smallest absolute Gasteiger partial charge is 0.407 e. The number of nitrogens with zero attached hydrogens (tertiary/aromatic N) is 6. The van der Waals surface area contributed by atoms with Crippen LogP contribution in [0.3, 0.4) is 0 Å². The Morgan fingerprint density at radius 1 is 1.25 bits per heavy atom. The van der Waals surface area contributed by atoms with Crippen molar-refractivity contribution in [2.75, 3.05) is 36.0 Å². The Hall–Kier alpha value is -3.43. The van der Waals surface area contributed by atoms with E-state index in [0.29, 0.717) is 18.1 Å². The topological polar surface area (TPSA) is 112 Å². The molecule has 3 aromatic heterocycles. The van der Waals surface area contributed by atoms with Gasteiger partial charge in [-0.05, 0) is 57.6 Å². The molecule has 192 valence electrons. The number of carbonyl (C=O) groups is 1. The van der Waals surface area contributed by atoms with E-state index >= 15 is 0 Å². The Bertz CT molecular complexity index is 1240. The summed E-state index contributed by atoms with van der Waals surface area (Å²) in [6.07, 6.45) is 6.22. The van der Waals surface area contributed by atoms with Crippen LogP contribution in [0.5, 0.6) is 0 Å². The second kappa shape index (κ2) is 9.22. The van der Waals surface area contributed by atoms with E-state index < -0.39 is 5.60 Å². The molecule has 0 spiro atoms. The van der Waals surface area contributed by atoms with Crippen LogP contribution in [-0.4, -0.2) is 63.0 Å². The number of aromatic amines is 1. The molecule has 1 saturated heterocycles. The zero-order chi connectivity index (χ0) is 25.5. The van der Waals surface area contributed by atoms with Crippen LogP contribution in [0, 0.1) is 5.41 Å². The number of hydrogen-bond acceptors (Lipinski definition) is 8. The van der Waals surface area contributed by atoms with Crippen molar-refractivity contribution < 1.29 is 9.53 Å². The Labute approximate surface area is 211 Å². The van der Waals surface area contributed by atoms with E-state index in [1.54, 1.807) is 0 Å². The zero-order valence-electron chi connectivity index (χ0n) is 21.8. The summed E-state index contributed by atoms with van der Waals surface area (Å²) < 4.78 is 5.38. The highest BCUT2D eigenvalue weighted by atomic mass is 16.6. The van der Waals surface area contributed by atoms with E-state index in [2.05, 4.69) is 50.2 Å². The minimum absolute atomic E-state index is 0.0128. The third-order valence-corrected chi connectivity index (χ3v) is 7.21. The zero-order valence-corrected chi connectivity index (χ0v) is 21.8.